The van der Waals surface area contributed by atoms with Crippen LogP contribution in [0.4, 0.5) is 11.5 Å². The molecule has 4 nitrogen and oxygen atoms in total. The van der Waals surface area contributed by atoms with E-state index in [4.69, 9.17) is 0 Å². The maximum atomic E-state index is 13.0. The van der Waals surface area contributed by atoms with Crippen molar-refractivity contribution in [2.24, 2.45) is 16.7 Å². The molecule has 2 aliphatic carbocycles. The van der Waals surface area contributed by atoms with Crippen molar-refractivity contribution >= 4 is 29.1 Å². The Morgan fingerprint density at radius 1 is 1.15 bits per heavy atom. The molecule has 2 saturated carbocycles. The van der Waals surface area contributed by atoms with Crippen LogP contribution in [0.1, 0.15) is 39.3 Å². The maximum absolute atomic E-state index is 13.0. The Hall–Kier alpha value is -1.88. The van der Waals surface area contributed by atoms with Gasteiger partial charge < -0.3 is 5.32 Å². The third kappa shape index (κ3) is 2.64. The maximum Gasteiger partial charge on any atom is 0.190 e. The summed E-state index contributed by atoms with van der Waals surface area (Å²) in [5.41, 5.74) is 1.96. The highest BCUT2D eigenvalue weighted by molar-refractivity contribution is 8.00. The number of nitrogens with one attached hydrogen (secondary N) is 1. The van der Waals surface area contributed by atoms with Crippen molar-refractivity contribution in [1.82, 2.24) is 9.97 Å². The molecule has 2 bridgehead atoms. The number of ketones is 1. The summed E-state index contributed by atoms with van der Waals surface area (Å²) >= 11 is 1.55. The fraction of sp³-hybridized carbons (Fsp3) is 0.476. The molecule has 0 aliphatic heterocycles. The quantitative estimate of drug-likeness (QED) is 0.770. The van der Waals surface area contributed by atoms with E-state index >= 15 is 0 Å². The van der Waals surface area contributed by atoms with E-state index in [9.17, 15) is 4.79 Å². The van der Waals surface area contributed by atoms with Crippen LogP contribution in [0.25, 0.3) is 0 Å². The van der Waals surface area contributed by atoms with Crippen molar-refractivity contribution in [3.05, 3.63) is 42.1 Å². The lowest BCUT2D eigenvalue weighted by Crippen LogP contribution is -2.35. The number of hydrogen-bond donors (Lipinski definition) is 1. The highest BCUT2D eigenvalue weighted by Crippen LogP contribution is 2.67. The van der Waals surface area contributed by atoms with Gasteiger partial charge in [0.1, 0.15) is 11.6 Å². The number of nitrogens with zero attached hydrogens (tertiary/aromatic N) is 2. The Morgan fingerprint density at radius 3 is 2.54 bits per heavy atom. The highest BCUT2D eigenvalue weighted by Gasteiger charge is 2.66. The van der Waals surface area contributed by atoms with E-state index < -0.39 is 0 Å². The largest absolute Gasteiger partial charge is 0.340 e. The van der Waals surface area contributed by atoms with Gasteiger partial charge in [-0.2, -0.15) is 0 Å². The number of fused-ring (bicyclic) bond motifs is 2. The molecule has 0 radical (unpaired) electrons. The lowest BCUT2D eigenvalue weighted by Gasteiger charge is -2.37. The third-order valence-corrected chi connectivity index (χ3v) is 7.96. The first kappa shape index (κ1) is 17.5. The Kier molecular flexibility index (Phi) is 4.10. The molecule has 0 unspecified atom stereocenters. The van der Waals surface area contributed by atoms with Crippen molar-refractivity contribution in [3.63, 3.8) is 0 Å². The number of carbonyl (C=O) groups excluding carboxylic acids is 1. The first-order valence-corrected chi connectivity index (χ1v) is 10.1. The number of para-hydroxylation sites is 1. The highest BCUT2D eigenvalue weighted by atomic mass is 32.2. The van der Waals surface area contributed by atoms with E-state index in [1.54, 1.807) is 11.8 Å². The molecule has 0 amide bonds. The summed E-state index contributed by atoms with van der Waals surface area (Å²) in [7, 11) is 0. The van der Waals surface area contributed by atoms with Gasteiger partial charge in [0.2, 0.25) is 0 Å². The summed E-state index contributed by atoms with van der Waals surface area (Å²) < 4.78 is 0. The molecule has 0 saturated heterocycles. The van der Waals surface area contributed by atoms with E-state index in [0.29, 0.717) is 10.9 Å². The van der Waals surface area contributed by atoms with Gasteiger partial charge in [0.05, 0.1) is 5.25 Å². The summed E-state index contributed by atoms with van der Waals surface area (Å²) in [6, 6.07) is 11.9. The summed E-state index contributed by atoms with van der Waals surface area (Å²) in [5, 5.41) is 3.96. The Balaban J connectivity index is 1.60. The second-order valence-corrected chi connectivity index (χ2v) is 9.37. The van der Waals surface area contributed by atoms with Crippen molar-refractivity contribution in [3.8, 4) is 0 Å². The van der Waals surface area contributed by atoms with Crippen molar-refractivity contribution in [2.45, 2.75) is 50.9 Å². The lowest BCUT2D eigenvalue weighted by atomic mass is 9.71. The number of Topliss-reactive ketones (excluding diaryl/α,β-unsaturated/α-hetero) is 1. The molecule has 5 heteroatoms. The zero-order chi connectivity index (χ0) is 18.5. The van der Waals surface area contributed by atoms with Gasteiger partial charge in [-0.1, -0.05) is 50.7 Å². The van der Waals surface area contributed by atoms with Gasteiger partial charge in [-0.3, -0.25) is 4.79 Å². The van der Waals surface area contributed by atoms with Gasteiger partial charge in [-0.15, -0.1) is 0 Å². The lowest BCUT2D eigenvalue weighted by molar-refractivity contribution is -0.122. The van der Waals surface area contributed by atoms with Crippen LogP contribution in [0, 0.1) is 23.7 Å². The summed E-state index contributed by atoms with van der Waals surface area (Å²) in [6.07, 6.45) is 2.13. The second kappa shape index (κ2) is 6.08. The number of thioether (sulfide) groups is 1. The minimum atomic E-state index is -0.0531. The van der Waals surface area contributed by atoms with Crippen molar-refractivity contribution < 1.29 is 4.79 Å². The molecule has 3 atom stereocenters. The summed E-state index contributed by atoms with van der Waals surface area (Å²) in [4.78, 5) is 22.2. The zero-order valence-corrected chi connectivity index (χ0v) is 16.6. The van der Waals surface area contributed by atoms with Gasteiger partial charge in [0, 0.05) is 23.4 Å². The summed E-state index contributed by atoms with van der Waals surface area (Å²) in [6.45, 7) is 8.75. The van der Waals surface area contributed by atoms with Gasteiger partial charge in [0.25, 0.3) is 0 Å². The molecule has 1 aromatic heterocycles. The van der Waals surface area contributed by atoms with Crippen LogP contribution in [-0.2, 0) is 4.79 Å². The summed E-state index contributed by atoms with van der Waals surface area (Å²) in [5.74, 6) is 1.33. The topological polar surface area (TPSA) is 54.9 Å². The molecule has 1 aromatic carbocycles. The van der Waals surface area contributed by atoms with Gasteiger partial charge in [-0.25, -0.2) is 9.97 Å². The SMILES string of the molecule is Cc1cc(Nc2ccccc2)nc(S[C@H]2C(=O)[C@H]3CC[C@]2(C)C3(C)C)n1. The van der Waals surface area contributed by atoms with Gasteiger partial charge in [-0.05, 0) is 42.7 Å². The van der Waals surface area contributed by atoms with Crippen LogP contribution >= 0.6 is 11.8 Å². The number of anilines is 2. The van der Waals surface area contributed by atoms with Crippen molar-refractivity contribution in [2.75, 3.05) is 5.32 Å². The molecule has 0 spiro atoms. The second-order valence-electron chi connectivity index (χ2n) is 8.30. The number of benzene rings is 1. The third-order valence-electron chi connectivity index (χ3n) is 6.58. The van der Waals surface area contributed by atoms with Crippen LogP contribution in [-0.4, -0.2) is 21.0 Å². The zero-order valence-electron chi connectivity index (χ0n) is 15.7. The van der Waals surface area contributed by atoms with Crippen molar-refractivity contribution in [1.29, 1.82) is 0 Å². The molecule has 1 heterocycles. The van der Waals surface area contributed by atoms with E-state index in [1.165, 1.54) is 0 Å². The van der Waals surface area contributed by atoms with E-state index in [-0.39, 0.29) is 22.0 Å². The minimum Gasteiger partial charge on any atom is -0.340 e. The normalized spacial score (nSPS) is 29.2. The molecule has 26 heavy (non-hydrogen) atoms. The Morgan fingerprint density at radius 2 is 1.88 bits per heavy atom. The van der Waals surface area contributed by atoms with E-state index in [2.05, 4.69) is 36.1 Å². The fourth-order valence-corrected chi connectivity index (χ4v) is 6.13. The van der Waals surface area contributed by atoms with Gasteiger partial charge >= 0.3 is 0 Å². The van der Waals surface area contributed by atoms with E-state index in [0.717, 1.165) is 30.0 Å². The Bertz CT molecular complexity index is 852. The van der Waals surface area contributed by atoms with E-state index in [1.807, 2.05) is 43.3 Å². The van der Waals surface area contributed by atoms with Crippen LogP contribution in [0.5, 0.6) is 0 Å². The van der Waals surface area contributed by atoms with Gasteiger partial charge in [0.15, 0.2) is 5.16 Å². The first-order valence-electron chi connectivity index (χ1n) is 9.19. The molecule has 136 valence electrons. The molecule has 1 N–H and O–H groups in total. The standard InChI is InChI=1S/C21H25N3OS/c1-13-12-16(23-14-8-6-5-7-9-14)24-19(22-13)26-18-17(25)15-10-11-21(18,4)20(15,2)3/h5-9,12,15,18H,10-11H2,1-4H3,(H,22,23,24)/t15-,18+,21+/m1/s1. The molecule has 2 aliphatic rings. The smallest absolute Gasteiger partial charge is 0.190 e. The molecule has 4 rings (SSSR count). The fourth-order valence-electron chi connectivity index (χ4n) is 4.61. The van der Waals surface area contributed by atoms with Crippen LogP contribution in [0.15, 0.2) is 41.6 Å². The average molecular weight is 368 g/mol. The molecular formula is C21H25N3OS. The number of aromatic nitrogens is 2. The predicted octanol–water partition coefficient (Wildman–Crippen LogP) is 5.01. The molecular weight excluding hydrogens is 342 g/mol. The Labute approximate surface area is 159 Å². The predicted molar refractivity (Wildman–Crippen MR) is 106 cm³/mol. The minimum absolute atomic E-state index is 0.0134. The van der Waals surface area contributed by atoms with Crippen LogP contribution < -0.4 is 5.32 Å². The number of hydrogen-bond acceptors (Lipinski definition) is 5. The van der Waals surface area contributed by atoms with Crippen LogP contribution in [0.3, 0.4) is 0 Å². The monoisotopic (exact) mass is 367 g/mol. The molecule has 2 aromatic rings. The first-order chi connectivity index (χ1) is 12.3. The number of carbonyl (C=O) groups is 1. The molecule has 2 fully saturated rings. The van der Waals surface area contributed by atoms with Crippen LogP contribution in [0.2, 0.25) is 0 Å². The number of rotatable bonds is 4. The number of aryl methyl sites for hydroxylation is 1. The average Bonchev–Trinajstić information content (AvgIpc) is 2.89.